The highest BCUT2D eigenvalue weighted by Crippen LogP contribution is 2.31. The van der Waals surface area contributed by atoms with Gasteiger partial charge in [-0.15, -0.1) is 26.9 Å². The Kier molecular flexibility index (Phi) is 17.1. The number of aromatic nitrogens is 6. The molecule has 1 atom stereocenters. The average molecular weight is 796 g/mol. The summed E-state index contributed by atoms with van der Waals surface area (Å²) in [6.45, 7) is 5.07. The molecule has 0 fully saturated rings. The number of aryl methyl sites for hydroxylation is 1. The summed E-state index contributed by atoms with van der Waals surface area (Å²) in [5.41, 5.74) is -1.59. The van der Waals surface area contributed by atoms with Crippen molar-refractivity contribution in [2.75, 3.05) is 31.5 Å². The Morgan fingerprint density at radius 1 is 1.20 bits per heavy atom. The molecule has 2 aromatic heterocycles. The average Bonchev–Trinajstić information content (AvgIpc) is 3.28. The van der Waals surface area contributed by atoms with E-state index in [9.17, 15) is 36.9 Å². The Balaban J connectivity index is 0.000000435. The first-order chi connectivity index (χ1) is 23.0. The van der Waals surface area contributed by atoms with Gasteiger partial charge in [0.15, 0.2) is 5.82 Å². The van der Waals surface area contributed by atoms with Gasteiger partial charge in [0.1, 0.15) is 22.6 Å². The molecular formula is C26H36Cl2F3N8O9PS. The standard InChI is InChI=1S/C15H14Cl2F3N3O3.C8H14N4OS.C3H8NO5P/c1-3-26-13(24)10(17)4-8-5-12(11(18)6-9(8)16)23-15(25)22(14(19)20)7(2)21-23;1-8(2,3)5-6(13)12(9)7(14-4)11-10-5;5-3(6)1-4-2-10(7,8)9/h5-6,10,14H,3-4H2,1-2H3;9H2,1-4H3;4H,1-2H2,(H,5,6)(H2,7,8,9). The molecule has 17 nitrogen and oxygen atoms in total. The zero-order valence-electron chi connectivity index (χ0n) is 27.4. The van der Waals surface area contributed by atoms with E-state index in [-0.39, 0.29) is 50.7 Å². The van der Waals surface area contributed by atoms with Crippen LogP contribution in [0.15, 0.2) is 26.9 Å². The molecule has 3 rings (SSSR count). The van der Waals surface area contributed by atoms with Crippen molar-refractivity contribution in [3.8, 4) is 5.69 Å². The second-order valence-electron chi connectivity index (χ2n) is 10.8. The molecule has 0 radical (unpaired) electrons. The fourth-order valence-corrected chi connectivity index (χ4v) is 4.83. The van der Waals surface area contributed by atoms with Crippen LogP contribution >= 0.6 is 42.6 Å². The number of nitrogens with two attached hydrogens (primary N) is 1. The maximum atomic E-state index is 14.2. The molecule has 50 heavy (non-hydrogen) atoms. The van der Waals surface area contributed by atoms with E-state index in [2.05, 4.69) is 20.6 Å². The molecule has 0 aliphatic carbocycles. The number of aliphatic carboxylic acids is 1. The number of carbonyl (C=O) groups is 2. The predicted molar refractivity (Wildman–Crippen MR) is 178 cm³/mol. The SMILES string of the molecule is CCOC(=O)C(Cl)Cc1cc(-n2nc(C)n(C(F)F)c2=O)c(F)cc1Cl.CSc1nnc(C(C)(C)C)c(=O)n1N.O=C(O)CNCP(=O)(O)O. The fraction of sp³-hybridized carbons (Fsp3) is 0.500. The zero-order chi connectivity index (χ0) is 38.7. The van der Waals surface area contributed by atoms with Gasteiger partial charge in [0.05, 0.1) is 19.4 Å². The summed E-state index contributed by atoms with van der Waals surface area (Å²) in [4.78, 5) is 61.6. The van der Waals surface area contributed by atoms with Crippen molar-refractivity contribution in [2.45, 2.75) is 63.5 Å². The van der Waals surface area contributed by atoms with Crippen molar-refractivity contribution >= 4 is 54.5 Å². The molecule has 1 unspecified atom stereocenters. The third-order valence-corrected chi connectivity index (χ3v) is 7.77. The van der Waals surface area contributed by atoms with E-state index in [4.69, 9.17) is 48.7 Å². The lowest BCUT2D eigenvalue weighted by Gasteiger charge is -2.16. The van der Waals surface area contributed by atoms with E-state index >= 15 is 0 Å². The molecule has 0 saturated carbocycles. The van der Waals surface area contributed by atoms with Crippen molar-refractivity contribution in [1.82, 2.24) is 34.5 Å². The number of rotatable bonds is 11. The first-order valence-corrected chi connectivity index (χ1v) is 17.8. The number of ether oxygens (including phenoxy) is 1. The van der Waals surface area contributed by atoms with Gasteiger partial charge in [-0.3, -0.25) is 24.3 Å². The normalized spacial score (nSPS) is 12.0. The highest BCUT2D eigenvalue weighted by molar-refractivity contribution is 7.98. The molecule has 1 aromatic carbocycles. The summed E-state index contributed by atoms with van der Waals surface area (Å²) in [6, 6.07) is 2.03. The second-order valence-corrected chi connectivity index (χ2v) is 14.2. The first kappa shape index (κ1) is 44.6. The summed E-state index contributed by atoms with van der Waals surface area (Å²) in [7, 11) is -4.10. The maximum Gasteiger partial charge on any atom is 0.355 e. The van der Waals surface area contributed by atoms with Crippen LogP contribution in [-0.2, 0) is 30.7 Å². The van der Waals surface area contributed by atoms with Gasteiger partial charge >= 0.3 is 31.8 Å². The van der Waals surface area contributed by atoms with Gasteiger partial charge in [0.2, 0.25) is 5.16 Å². The highest BCUT2D eigenvalue weighted by Gasteiger charge is 2.24. The van der Waals surface area contributed by atoms with E-state index in [1.165, 1.54) is 18.7 Å². The molecule has 0 aliphatic rings. The topological polar surface area (TPSA) is 247 Å². The van der Waals surface area contributed by atoms with Crippen LogP contribution in [0.25, 0.3) is 5.69 Å². The maximum absolute atomic E-state index is 14.2. The minimum absolute atomic E-state index is 0.0424. The summed E-state index contributed by atoms with van der Waals surface area (Å²) in [5.74, 6) is 2.51. The number of esters is 1. The van der Waals surface area contributed by atoms with Gasteiger partial charge in [-0.25, -0.2) is 13.8 Å². The van der Waals surface area contributed by atoms with Crippen molar-refractivity contribution < 1.29 is 47.0 Å². The fourth-order valence-electron chi connectivity index (χ4n) is 3.57. The van der Waals surface area contributed by atoms with Crippen LogP contribution in [0.4, 0.5) is 13.2 Å². The van der Waals surface area contributed by atoms with Gasteiger partial charge in [-0.1, -0.05) is 44.1 Å². The summed E-state index contributed by atoms with van der Waals surface area (Å²) in [5, 5.41) is 20.8. The number of nitrogens with one attached hydrogen (secondary N) is 1. The van der Waals surface area contributed by atoms with Crippen LogP contribution in [0.3, 0.4) is 0 Å². The van der Waals surface area contributed by atoms with Gasteiger partial charge in [0.25, 0.3) is 5.56 Å². The number of hydrogen-bond donors (Lipinski definition) is 5. The molecular weight excluding hydrogens is 759 g/mol. The lowest BCUT2D eigenvalue weighted by Crippen LogP contribution is -2.37. The molecule has 0 bridgehead atoms. The number of benzene rings is 1. The van der Waals surface area contributed by atoms with E-state index in [0.29, 0.717) is 15.5 Å². The third kappa shape index (κ3) is 13.3. The van der Waals surface area contributed by atoms with Crippen LogP contribution in [0.1, 0.15) is 51.3 Å². The van der Waals surface area contributed by atoms with Crippen molar-refractivity contribution in [2.24, 2.45) is 0 Å². The van der Waals surface area contributed by atoms with Crippen LogP contribution in [-0.4, -0.2) is 87.1 Å². The smallest absolute Gasteiger partial charge is 0.355 e. The number of halogens is 5. The largest absolute Gasteiger partial charge is 0.480 e. The predicted octanol–water partition coefficient (Wildman–Crippen LogP) is 2.41. The summed E-state index contributed by atoms with van der Waals surface area (Å²) in [6.07, 6.45) is 1.08. The summed E-state index contributed by atoms with van der Waals surface area (Å²) < 4.78 is 56.6. The Bertz CT molecular complexity index is 1820. The minimum atomic E-state index is -4.10. The number of nitrogens with zero attached hydrogens (tertiary/aromatic N) is 6. The molecule has 2 heterocycles. The molecule has 6 N–H and O–H groups in total. The van der Waals surface area contributed by atoms with Gasteiger partial charge in [-0.2, -0.15) is 18.1 Å². The number of thioether (sulfide) groups is 1. The molecule has 24 heteroatoms. The number of carbonyl (C=O) groups excluding carboxylic acids is 1. The van der Waals surface area contributed by atoms with Crippen molar-refractivity contribution in [3.63, 3.8) is 0 Å². The number of alkyl halides is 3. The van der Waals surface area contributed by atoms with Gasteiger partial charge in [0, 0.05) is 16.9 Å². The van der Waals surface area contributed by atoms with E-state index in [0.717, 1.165) is 16.8 Å². The van der Waals surface area contributed by atoms with E-state index in [1.807, 2.05) is 20.8 Å². The van der Waals surface area contributed by atoms with Crippen LogP contribution in [0, 0.1) is 12.7 Å². The Morgan fingerprint density at radius 3 is 2.26 bits per heavy atom. The second kappa shape index (κ2) is 19.2. The Hall–Kier alpha value is -3.46. The lowest BCUT2D eigenvalue weighted by molar-refractivity contribution is -0.142. The Labute approximate surface area is 297 Å². The number of carboxylic acids is 1. The van der Waals surface area contributed by atoms with E-state index < -0.39 is 55.8 Å². The van der Waals surface area contributed by atoms with Crippen molar-refractivity contribution in [3.05, 3.63) is 60.9 Å². The lowest BCUT2D eigenvalue weighted by atomic mass is 9.93. The van der Waals surface area contributed by atoms with E-state index in [1.54, 1.807) is 13.2 Å². The summed E-state index contributed by atoms with van der Waals surface area (Å²) >= 11 is 13.2. The molecule has 0 amide bonds. The van der Waals surface area contributed by atoms with Crippen LogP contribution in [0.5, 0.6) is 0 Å². The number of hydrogen-bond acceptors (Lipinski definition) is 12. The quantitative estimate of drug-likeness (QED) is 0.0615. The third-order valence-electron chi connectivity index (χ3n) is 5.81. The monoisotopic (exact) mass is 794 g/mol. The zero-order valence-corrected chi connectivity index (χ0v) is 30.7. The van der Waals surface area contributed by atoms with Gasteiger partial charge in [-0.05, 0) is 37.8 Å². The first-order valence-electron chi connectivity index (χ1n) is 14.0. The number of nitrogen functional groups attached to an aromatic ring is 1. The van der Waals surface area contributed by atoms with Gasteiger partial charge < -0.3 is 25.5 Å². The van der Waals surface area contributed by atoms with Crippen LogP contribution in [0.2, 0.25) is 5.02 Å². The number of carboxylic acid groups (broad SMARTS) is 1. The van der Waals surface area contributed by atoms with Crippen LogP contribution < -0.4 is 22.4 Å². The minimum Gasteiger partial charge on any atom is -0.480 e. The molecule has 0 saturated heterocycles. The van der Waals surface area contributed by atoms with Crippen molar-refractivity contribution in [1.29, 1.82) is 0 Å². The Morgan fingerprint density at radius 2 is 1.80 bits per heavy atom. The highest BCUT2D eigenvalue weighted by atomic mass is 35.5. The molecule has 0 aliphatic heterocycles. The molecule has 3 aromatic rings. The molecule has 280 valence electrons. The molecule has 0 spiro atoms.